The minimum absolute atomic E-state index is 0.131. The van der Waals surface area contributed by atoms with Gasteiger partial charge in [0.1, 0.15) is 12.2 Å². The predicted octanol–water partition coefficient (Wildman–Crippen LogP) is 5.11. The SMILES string of the molecule is Cc1ccc(C)c(NC(=O)Cn2cccc2-c2nc(-c3ccc(Cl)cc3)no2)c1. The van der Waals surface area contributed by atoms with Gasteiger partial charge in [0.15, 0.2) is 0 Å². The molecule has 0 aliphatic heterocycles. The smallest absolute Gasteiger partial charge is 0.274 e. The summed E-state index contributed by atoms with van der Waals surface area (Å²) in [4.78, 5) is 17.0. The molecule has 0 bridgehead atoms. The molecule has 0 saturated heterocycles. The highest BCUT2D eigenvalue weighted by molar-refractivity contribution is 6.30. The second-order valence-corrected chi connectivity index (χ2v) is 7.25. The van der Waals surface area contributed by atoms with E-state index in [1.165, 1.54) is 0 Å². The van der Waals surface area contributed by atoms with Gasteiger partial charge >= 0.3 is 0 Å². The molecule has 2 heterocycles. The number of carbonyl (C=O) groups excluding carboxylic acids is 1. The lowest BCUT2D eigenvalue weighted by Gasteiger charge is -2.11. The maximum atomic E-state index is 12.6. The largest absolute Gasteiger partial charge is 0.334 e. The number of carbonyl (C=O) groups is 1. The molecule has 4 aromatic rings. The minimum Gasteiger partial charge on any atom is -0.334 e. The summed E-state index contributed by atoms with van der Waals surface area (Å²) in [6.07, 6.45) is 1.81. The molecule has 0 aliphatic rings. The molecule has 2 aromatic carbocycles. The highest BCUT2D eigenvalue weighted by Crippen LogP contribution is 2.24. The fourth-order valence-electron chi connectivity index (χ4n) is 3.00. The average molecular weight is 407 g/mol. The van der Waals surface area contributed by atoms with Crippen molar-refractivity contribution in [2.24, 2.45) is 0 Å². The van der Waals surface area contributed by atoms with Gasteiger partial charge in [-0.05, 0) is 67.4 Å². The van der Waals surface area contributed by atoms with Crippen LogP contribution in [0.2, 0.25) is 5.02 Å². The topological polar surface area (TPSA) is 73.0 Å². The van der Waals surface area contributed by atoms with E-state index < -0.39 is 0 Å². The number of nitrogens with one attached hydrogen (secondary N) is 1. The molecule has 2 aromatic heterocycles. The maximum absolute atomic E-state index is 12.6. The van der Waals surface area contributed by atoms with Gasteiger partial charge in [-0.15, -0.1) is 0 Å². The zero-order valence-corrected chi connectivity index (χ0v) is 16.8. The van der Waals surface area contributed by atoms with Crippen LogP contribution >= 0.6 is 11.6 Å². The second-order valence-electron chi connectivity index (χ2n) is 6.82. The number of hydrogen-bond acceptors (Lipinski definition) is 4. The molecule has 0 radical (unpaired) electrons. The Kier molecular flexibility index (Phi) is 5.18. The van der Waals surface area contributed by atoms with Crippen molar-refractivity contribution in [3.8, 4) is 23.0 Å². The van der Waals surface area contributed by atoms with E-state index in [0.717, 1.165) is 22.4 Å². The predicted molar refractivity (Wildman–Crippen MR) is 113 cm³/mol. The molecule has 0 atom stereocenters. The Bertz CT molecular complexity index is 1160. The number of hydrogen-bond donors (Lipinski definition) is 1. The normalized spacial score (nSPS) is 10.9. The van der Waals surface area contributed by atoms with Gasteiger partial charge in [-0.2, -0.15) is 4.98 Å². The summed E-state index contributed by atoms with van der Waals surface area (Å²) in [7, 11) is 0. The van der Waals surface area contributed by atoms with Crippen LogP contribution < -0.4 is 5.32 Å². The number of aryl methyl sites for hydroxylation is 2. The number of nitrogens with zero attached hydrogens (tertiary/aromatic N) is 3. The first-order valence-corrected chi connectivity index (χ1v) is 9.49. The molecular weight excluding hydrogens is 388 g/mol. The van der Waals surface area contributed by atoms with Crippen LogP contribution in [0.15, 0.2) is 65.3 Å². The number of halogens is 1. The van der Waals surface area contributed by atoms with Crippen molar-refractivity contribution in [1.82, 2.24) is 14.7 Å². The highest BCUT2D eigenvalue weighted by atomic mass is 35.5. The van der Waals surface area contributed by atoms with Gasteiger partial charge in [-0.25, -0.2) is 0 Å². The van der Waals surface area contributed by atoms with Gasteiger partial charge in [0.25, 0.3) is 5.89 Å². The number of rotatable bonds is 5. The van der Waals surface area contributed by atoms with E-state index in [4.69, 9.17) is 16.1 Å². The van der Waals surface area contributed by atoms with Crippen LogP contribution in [0.25, 0.3) is 23.0 Å². The third kappa shape index (κ3) is 4.22. The number of aromatic nitrogens is 3. The van der Waals surface area contributed by atoms with Crippen LogP contribution in [0, 0.1) is 13.8 Å². The van der Waals surface area contributed by atoms with Crippen molar-refractivity contribution in [2.75, 3.05) is 5.32 Å². The Hall–Kier alpha value is -3.38. The molecule has 0 fully saturated rings. The van der Waals surface area contributed by atoms with Crippen molar-refractivity contribution in [3.63, 3.8) is 0 Å². The van der Waals surface area contributed by atoms with Crippen LogP contribution in [-0.4, -0.2) is 20.6 Å². The van der Waals surface area contributed by atoms with Gasteiger partial charge < -0.3 is 14.4 Å². The molecule has 1 N–H and O–H groups in total. The van der Waals surface area contributed by atoms with E-state index in [1.807, 2.05) is 62.5 Å². The van der Waals surface area contributed by atoms with Crippen molar-refractivity contribution in [3.05, 3.63) is 76.9 Å². The Morgan fingerprint density at radius 3 is 2.72 bits per heavy atom. The first-order chi connectivity index (χ1) is 14.0. The summed E-state index contributed by atoms with van der Waals surface area (Å²) in [6, 6.07) is 16.8. The lowest BCUT2D eigenvalue weighted by molar-refractivity contribution is -0.116. The zero-order valence-electron chi connectivity index (χ0n) is 16.0. The molecule has 0 saturated carbocycles. The summed E-state index contributed by atoms with van der Waals surface area (Å²) in [6.45, 7) is 4.09. The molecule has 6 nitrogen and oxygen atoms in total. The molecular formula is C22H19ClN4O2. The van der Waals surface area contributed by atoms with Gasteiger partial charge in [-0.3, -0.25) is 4.79 Å². The highest BCUT2D eigenvalue weighted by Gasteiger charge is 2.16. The van der Waals surface area contributed by atoms with E-state index in [0.29, 0.717) is 22.4 Å². The Labute approximate surface area is 173 Å². The number of benzene rings is 2. The Morgan fingerprint density at radius 1 is 1.14 bits per heavy atom. The Morgan fingerprint density at radius 2 is 1.93 bits per heavy atom. The minimum atomic E-state index is -0.131. The van der Waals surface area contributed by atoms with Gasteiger partial charge in [0.05, 0.1) is 0 Å². The first kappa shape index (κ1) is 19.0. The molecule has 7 heteroatoms. The molecule has 4 rings (SSSR count). The molecule has 1 amide bonds. The summed E-state index contributed by atoms with van der Waals surface area (Å²) < 4.78 is 7.20. The molecule has 146 valence electrons. The summed E-state index contributed by atoms with van der Waals surface area (Å²) in [5.74, 6) is 0.678. The number of anilines is 1. The van der Waals surface area contributed by atoms with E-state index in [2.05, 4.69) is 15.5 Å². The summed E-state index contributed by atoms with van der Waals surface area (Å²) in [5.41, 5.74) is 4.39. The fraction of sp³-hybridized carbons (Fsp3) is 0.136. The van der Waals surface area contributed by atoms with Crippen molar-refractivity contribution >= 4 is 23.2 Å². The standard InChI is InChI=1S/C22H19ClN4O2/c1-14-5-6-15(2)18(12-14)24-20(28)13-27-11-3-4-19(27)22-25-21(26-29-22)16-7-9-17(23)10-8-16/h3-12H,13H2,1-2H3,(H,24,28). The van der Waals surface area contributed by atoms with E-state index >= 15 is 0 Å². The third-order valence-corrected chi connectivity index (χ3v) is 4.81. The number of amides is 1. The van der Waals surface area contributed by atoms with Crippen LogP contribution in [-0.2, 0) is 11.3 Å². The van der Waals surface area contributed by atoms with E-state index in [1.54, 1.807) is 16.7 Å². The van der Waals surface area contributed by atoms with Gasteiger partial charge in [-0.1, -0.05) is 28.9 Å². The van der Waals surface area contributed by atoms with Gasteiger partial charge in [0, 0.05) is 22.5 Å². The van der Waals surface area contributed by atoms with E-state index in [-0.39, 0.29) is 12.5 Å². The maximum Gasteiger partial charge on any atom is 0.274 e. The van der Waals surface area contributed by atoms with Crippen LogP contribution in [0.1, 0.15) is 11.1 Å². The molecule has 29 heavy (non-hydrogen) atoms. The van der Waals surface area contributed by atoms with Crippen molar-refractivity contribution in [2.45, 2.75) is 20.4 Å². The average Bonchev–Trinajstić information content (AvgIpc) is 3.34. The first-order valence-electron chi connectivity index (χ1n) is 9.12. The van der Waals surface area contributed by atoms with Crippen LogP contribution in [0.3, 0.4) is 0 Å². The lowest BCUT2D eigenvalue weighted by atomic mass is 10.1. The molecule has 0 spiro atoms. The molecule has 0 unspecified atom stereocenters. The van der Waals surface area contributed by atoms with Crippen LogP contribution in [0.4, 0.5) is 5.69 Å². The van der Waals surface area contributed by atoms with Crippen molar-refractivity contribution < 1.29 is 9.32 Å². The Balaban J connectivity index is 1.52. The zero-order chi connectivity index (χ0) is 20.4. The summed E-state index contributed by atoms with van der Waals surface area (Å²) in [5, 5.41) is 7.64. The quantitative estimate of drug-likeness (QED) is 0.499. The van der Waals surface area contributed by atoms with Crippen LogP contribution in [0.5, 0.6) is 0 Å². The third-order valence-electron chi connectivity index (χ3n) is 4.56. The molecule has 0 aliphatic carbocycles. The summed E-state index contributed by atoms with van der Waals surface area (Å²) >= 11 is 5.93. The van der Waals surface area contributed by atoms with Crippen molar-refractivity contribution in [1.29, 1.82) is 0 Å². The second kappa shape index (κ2) is 7.93. The lowest BCUT2D eigenvalue weighted by Crippen LogP contribution is -2.19. The van der Waals surface area contributed by atoms with Gasteiger partial charge in [0.2, 0.25) is 11.7 Å². The monoisotopic (exact) mass is 406 g/mol. The fourth-order valence-corrected chi connectivity index (χ4v) is 3.13. The van der Waals surface area contributed by atoms with E-state index in [9.17, 15) is 4.79 Å².